The largest absolute Gasteiger partial charge is 0.383 e. The monoisotopic (exact) mass is 624 g/mol. The Labute approximate surface area is 270 Å². The first-order valence-corrected chi connectivity index (χ1v) is 14.9. The van der Waals surface area contributed by atoms with Crippen molar-refractivity contribution in [2.75, 3.05) is 21.7 Å². The molecule has 11 nitrogen and oxygen atoms in total. The zero-order chi connectivity index (χ0) is 33.1. The molecule has 47 heavy (non-hydrogen) atoms. The third-order valence-corrected chi connectivity index (χ3v) is 7.46. The average Bonchev–Trinajstić information content (AvgIpc) is 3.40. The zero-order valence-corrected chi connectivity index (χ0v) is 26.0. The number of carbonyl (C=O) groups is 3. The maximum absolute atomic E-state index is 13.0. The highest BCUT2D eigenvalue weighted by Gasteiger charge is 2.20. The molecule has 0 unspecified atom stereocenters. The normalized spacial score (nSPS) is 10.9. The molecular weight excluding hydrogens is 592 g/mol. The summed E-state index contributed by atoms with van der Waals surface area (Å²) in [4.78, 5) is 50.3. The van der Waals surface area contributed by atoms with Crippen LogP contribution in [0.15, 0.2) is 97.2 Å². The Morgan fingerprint density at radius 3 is 2.17 bits per heavy atom. The molecule has 0 atom stereocenters. The van der Waals surface area contributed by atoms with E-state index in [1.807, 2.05) is 72.2 Å². The summed E-state index contributed by atoms with van der Waals surface area (Å²) in [5.74, 6) is 0.373. The molecule has 3 aromatic carbocycles. The Hall–Kier alpha value is -6.36. The number of rotatable bonds is 8. The lowest BCUT2D eigenvalue weighted by atomic mass is 10.0. The number of nitrogens with zero attached hydrogens (tertiary/aromatic N) is 4. The number of nitrogens with one attached hydrogen (secondary N) is 3. The van der Waals surface area contributed by atoms with E-state index >= 15 is 0 Å². The number of aromatic nitrogens is 4. The molecule has 0 aliphatic carbocycles. The van der Waals surface area contributed by atoms with E-state index in [0.717, 1.165) is 22.4 Å². The Bertz CT molecular complexity index is 2170. The summed E-state index contributed by atoms with van der Waals surface area (Å²) >= 11 is 0. The van der Waals surface area contributed by atoms with E-state index in [4.69, 9.17) is 15.7 Å². The fourth-order valence-corrected chi connectivity index (χ4v) is 5.38. The lowest BCUT2D eigenvalue weighted by molar-refractivity contribution is -0.116. The molecule has 0 bridgehead atoms. The van der Waals surface area contributed by atoms with Gasteiger partial charge in [0.05, 0.1) is 17.7 Å². The molecule has 234 valence electrons. The van der Waals surface area contributed by atoms with Crippen LogP contribution in [0.5, 0.6) is 0 Å². The number of amides is 3. The van der Waals surface area contributed by atoms with Crippen molar-refractivity contribution in [1.82, 2.24) is 19.5 Å². The number of hydrogen-bond acceptors (Lipinski definition) is 7. The second-order valence-corrected chi connectivity index (χ2v) is 11.1. The highest BCUT2D eigenvalue weighted by molar-refractivity contribution is 5.94. The maximum atomic E-state index is 13.0. The Morgan fingerprint density at radius 1 is 0.766 bits per heavy atom. The number of hydrogen-bond donors (Lipinski definition) is 4. The highest BCUT2D eigenvalue weighted by Crippen LogP contribution is 2.33. The van der Waals surface area contributed by atoms with Gasteiger partial charge in [0.15, 0.2) is 11.5 Å². The van der Waals surface area contributed by atoms with E-state index in [1.54, 1.807) is 36.5 Å². The SMILES string of the molecule is CC(=O)Nc1cccc(NC(=O)Cc2ccc(-n3c(-c4cccnc4N)nc4ccc(-c5cccc(NC(C)=O)c5)nc43)cc2C)c1. The van der Waals surface area contributed by atoms with Gasteiger partial charge >= 0.3 is 0 Å². The first-order chi connectivity index (χ1) is 22.6. The van der Waals surface area contributed by atoms with Crippen molar-refractivity contribution in [3.8, 4) is 28.3 Å². The highest BCUT2D eigenvalue weighted by atomic mass is 16.2. The minimum atomic E-state index is -0.189. The van der Waals surface area contributed by atoms with Crippen molar-refractivity contribution in [2.45, 2.75) is 27.2 Å². The number of carbonyl (C=O) groups excluding carboxylic acids is 3. The second kappa shape index (κ2) is 12.9. The second-order valence-electron chi connectivity index (χ2n) is 11.1. The molecule has 3 amide bonds. The minimum absolute atomic E-state index is 0.149. The number of benzene rings is 3. The lowest BCUT2D eigenvalue weighted by Crippen LogP contribution is -2.15. The van der Waals surface area contributed by atoms with Crippen LogP contribution in [-0.4, -0.2) is 37.2 Å². The minimum Gasteiger partial charge on any atom is -0.383 e. The molecule has 6 rings (SSSR count). The van der Waals surface area contributed by atoms with E-state index in [-0.39, 0.29) is 24.1 Å². The van der Waals surface area contributed by atoms with Gasteiger partial charge in [-0.05, 0) is 84.8 Å². The van der Waals surface area contributed by atoms with Gasteiger partial charge in [-0.25, -0.2) is 15.0 Å². The standard InChI is InChI=1S/C36H32N8O3/c1-21-17-29(13-12-24(21)19-33(47)41-28-10-5-9-27(20-28)40-23(3)46)44-35(30-11-6-16-38-34(30)37)43-32-15-14-31(42-36(32)44)25-7-4-8-26(18-25)39-22(2)45/h4-18,20H,19H2,1-3H3,(H2,37,38)(H,39,45)(H,40,46)(H,41,47). The molecule has 5 N–H and O–H groups in total. The van der Waals surface area contributed by atoms with Gasteiger partial charge in [0.2, 0.25) is 17.7 Å². The predicted molar refractivity (Wildman–Crippen MR) is 184 cm³/mol. The summed E-state index contributed by atoms with van der Waals surface area (Å²) in [5.41, 5.74) is 14.2. The predicted octanol–water partition coefficient (Wildman–Crippen LogP) is 6.14. The molecule has 0 radical (unpaired) electrons. The molecule has 0 saturated heterocycles. The Kier molecular flexibility index (Phi) is 8.44. The van der Waals surface area contributed by atoms with Crippen LogP contribution in [-0.2, 0) is 20.8 Å². The van der Waals surface area contributed by atoms with Crippen molar-refractivity contribution in [3.63, 3.8) is 0 Å². The molecule has 0 fully saturated rings. The smallest absolute Gasteiger partial charge is 0.228 e. The molecular formula is C36H32N8O3. The summed E-state index contributed by atoms with van der Waals surface area (Å²) in [7, 11) is 0. The van der Waals surface area contributed by atoms with Crippen molar-refractivity contribution >= 4 is 51.8 Å². The summed E-state index contributed by atoms with van der Waals surface area (Å²) in [6.07, 6.45) is 1.78. The number of fused-ring (bicyclic) bond motifs is 1. The number of pyridine rings is 2. The first-order valence-electron chi connectivity index (χ1n) is 14.9. The van der Waals surface area contributed by atoms with E-state index in [1.165, 1.54) is 13.8 Å². The number of anilines is 4. The number of aryl methyl sites for hydroxylation is 1. The van der Waals surface area contributed by atoms with E-state index in [9.17, 15) is 14.4 Å². The molecule has 11 heteroatoms. The number of nitrogen functional groups attached to an aromatic ring is 1. The third-order valence-electron chi connectivity index (χ3n) is 7.46. The summed E-state index contributed by atoms with van der Waals surface area (Å²) in [6.45, 7) is 4.85. The lowest BCUT2D eigenvalue weighted by Gasteiger charge is -2.14. The van der Waals surface area contributed by atoms with Crippen LogP contribution in [0.25, 0.3) is 39.5 Å². The van der Waals surface area contributed by atoms with Gasteiger partial charge in [0, 0.05) is 48.4 Å². The van der Waals surface area contributed by atoms with Gasteiger partial charge in [-0.2, -0.15) is 0 Å². The van der Waals surface area contributed by atoms with Crippen LogP contribution >= 0.6 is 0 Å². The summed E-state index contributed by atoms with van der Waals surface area (Å²) in [6, 6.07) is 27.8. The Balaban J connectivity index is 1.37. The molecule has 0 aliphatic rings. The van der Waals surface area contributed by atoms with Crippen LogP contribution in [0, 0.1) is 6.92 Å². The van der Waals surface area contributed by atoms with Crippen LogP contribution in [0.4, 0.5) is 22.9 Å². The van der Waals surface area contributed by atoms with E-state index in [2.05, 4.69) is 20.9 Å². The summed E-state index contributed by atoms with van der Waals surface area (Å²) in [5, 5.41) is 8.45. The molecule has 3 heterocycles. The van der Waals surface area contributed by atoms with Crippen LogP contribution in [0.1, 0.15) is 25.0 Å². The average molecular weight is 625 g/mol. The van der Waals surface area contributed by atoms with Gasteiger partial charge < -0.3 is 21.7 Å². The number of imidazole rings is 1. The Morgan fingerprint density at radius 2 is 1.47 bits per heavy atom. The van der Waals surface area contributed by atoms with Gasteiger partial charge in [-0.3, -0.25) is 19.0 Å². The van der Waals surface area contributed by atoms with Crippen molar-refractivity contribution in [1.29, 1.82) is 0 Å². The molecule has 6 aromatic rings. The van der Waals surface area contributed by atoms with Crippen molar-refractivity contribution in [2.24, 2.45) is 0 Å². The third kappa shape index (κ3) is 6.84. The van der Waals surface area contributed by atoms with Gasteiger partial charge in [-0.1, -0.05) is 24.3 Å². The maximum Gasteiger partial charge on any atom is 0.228 e. The zero-order valence-electron chi connectivity index (χ0n) is 26.0. The molecule has 0 aliphatic heterocycles. The van der Waals surface area contributed by atoms with Gasteiger partial charge in [0.1, 0.15) is 11.3 Å². The fourth-order valence-electron chi connectivity index (χ4n) is 5.38. The van der Waals surface area contributed by atoms with Gasteiger partial charge in [0.25, 0.3) is 0 Å². The van der Waals surface area contributed by atoms with Crippen molar-refractivity contribution < 1.29 is 14.4 Å². The molecule has 0 spiro atoms. The van der Waals surface area contributed by atoms with E-state index < -0.39 is 0 Å². The topological polar surface area (TPSA) is 157 Å². The molecule has 3 aromatic heterocycles. The fraction of sp³-hybridized carbons (Fsp3) is 0.111. The molecule has 0 saturated carbocycles. The van der Waals surface area contributed by atoms with Crippen molar-refractivity contribution in [3.05, 3.63) is 108 Å². The van der Waals surface area contributed by atoms with Crippen LogP contribution in [0.2, 0.25) is 0 Å². The van der Waals surface area contributed by atoms with Gasteiger partial charge in [-0.15, -0.1) is 0 Å². The first kappa shape index (κ1) is 30.7. The van der Waals surface area contributed by atoms with Crippen LogP contribution < -0.4 is 21.7 Å². The quantitative estimate of drug-likeness (QED) is 0.158. The van der Waals surface area contributed by atoms with Crippen LogP contribution in [0.3, 0.4) is 0 Å². The van der Waals surface area contributed by atoms with E-state index in [0.29, 0.717) is 51.1 Å². The number of nitrogens with two attached hydrogens (primary N) is 1. The summed E-state index contributed by atoms with van der Waals surface area (Å²) < 4.78 is 1.94.